The largest absolute Gasteiger partial charge is 0.416 e. The van der Waals surface area contributed by atoms with E-state index in [0.717, 1.165) is 34.3 Å². The molecule has 0 aliphatic heterocycles. The molecule has 5 heteroatoms. The summed E-state index contributed by atoms with van der Waals surface area (Å²) in [6.45, 7) is 0.416. The molecule has 0 fully saturated rings. The lowest BCUT2D eigenvalue weighted by Gasteiger charge is -2.10. The SMILES string of the molecule is FC(F)(F)c1ccc(CNc2nccc3ccccc23)cc1. The second-order valence-corrected chi connectivity index (χ2v) is 4.93. The Kier molecular flexibility index (Phi) is 3.71. The van der Waals surface area contributed by atoms with Crippen LogP contribution in [0.25, 0.3) is 10.8 Å². The van der Waals surface area contributed by atoms with Gasteiger partial charge in [-0.3, -0.25) is 0 Å². The minimum Gasteiger partial charge on any atom is -0.365 e. The second kappa shape index (κ2) is 5.67. The maximum absolute atomic E-state index is 12.5. The molecule has 0 radical (unpaired) electrons. The molecule has 1 N–H and O–H groups in total. The van der Waals surface area contributed by atoms with Crippen molar-refractivity contribution >= 4 is 16.6 Å². The van der Waals surface area contributed by atoms with Crippen molar-refractivity contribution in [1.29, 1.82) is 0 Å². The average molecular weight is 302 g/mol. The predicted octanol–water partition coefficient (Wildman–Crippen LogP) is 4.87. The first-order valence-corrected chi connectivity index (χ1v) is 6.78. The molecule has 1 heterocycles. The first kappa shape index (κ1) is 14.4. The lowest BCUT2D eigenvalue weighted by Crippen LogP contribution is -2.06. The molecule has 3 rings (SSSR count). The molecule has 0 bridgehead atoms. The number of rotatable bonds is 3. The van der Waals surface area contributed by atoms with E-state index in [2.05, 4.69) is 10.3 Å². The third kappa shape index (κ3) is 3.03. The van der Waals surface area contributed by atoms with Gasteiger partial charge in [-0.25, -0.2) is 4.98 Å². The molecule has 0 unspecified atom stereocenters. The van der Waals surface area contributed by atoms with Crippen LogP contribution in [0.3, 0.4) is 0 Å². The van der Waals surface area contributed by atoms with Gasteiger partial charge in [0.05, 0.1) is 5.56 Å². The molecule has 22 heavy (non-hydrogen) atoms. The highest BCUT2D eigenvalue weighted by molar-refractivity contribution is 5.91. The number of fused-ring (bicyclic) bond motifs is 1. The van der Waals surface area contributed by atoms with E-state index in [9.17, 15) is 13.2 Å². The molecule has 3 aromatic rings. The van der Waals surface area contributed by atoms with Crippen LogP contribution in [0.2, 0.25) is 0 Å². The minimum absolute atomic E-state index is 0.416. The van der Waals surface area contributed by atoms with Crippen LogP contribution < -0.4 is 5.32 Å². The number of hydrogen-bond donors (Lipinski definition) is 1. The molecule has 0 aliphatic carbocycles. The van der Waals surface area contributed by atoms with Gasteiger partial charge in [0.1, 0.15) is 5.82 Å². The molecule has 0 aliphatic rings. The summed E-state index contributed by atoms with van der Waals surface area (Å²) < 4.78 is 37.6. The van der Waals surface area contributed by atoms with E-state index in [4.69, 9.17) is 0 Å². The highest BCUT2D eigenvalue weighted by Crippen LogP contribution is 2.29. The molecular formula is C17H13F3N2. The highest BCUT2D eigenvalue weighted by atomic mass is 19.4. The van der Waals surface area contributed by atoms with Gasteiger partial charge in [0, 0.05) is 18.1 Å². The lowest BCUT2D eigenvalue weighted by molar-refractivity contribution is -0.137. The minimum atomic E-state index is -4.30. The second-order valence-electron chi connectivity index (χ2n) is 4.93. The Balaban J connectivity index is 1.77. The van der Waals surface area contributed by atoms with Crippen LogP contribution in [-0.4, -0.2) is 4.98 Å². The van der Waals surface area contributed by atoms with E-state index in [-0.39, 0.29) is 0 Å². The maximum Gasteiger partial charge on any atom is 0.416 e. The number of hydrogen-bond acceptors (Lipinski definition) is 2. The normalized spacial score (nSPS) is 11.6. The number of pyridine rings is 1. The van der Waals surface area contributed by atoms with Crippen molar-refractivity contribution in [1.82, 2.24) is 4.98 Å². The lowest BCUT2D eigenvalue weighted by atomic mass is 10.1. The fourth-order valence-electron chi connectivity index (χ4n) is 2.26. The summed E-state index contributed by atoms with van der Waals surface area (Å²) in [6.07, 6.45) is -2.60. The van der Waals surface area contributed by atoms with Gasteiger partial charge >= 0.3 is 6.18 Å². The van der Waals surface area contributed by atoms with E-state index >= 15 is 0 Å². The van der Waals surface area contributed by atoms with Gasteiger partial charge in [-0.1, -0.05) is 36.4 Å². The number of aromatic nitrogens is 1. The zero-order valence-electron chi connectivity index (χ0n) is 11.6. The number of anilines is 1. The topological polar surface area (TPSA) is 24.9 Å². The third-order valence-electron chi connectivity index (χ3n) is 3.41. The van der Waals surface area contributed by atoms with Gasteiger partial charge in [-0.15, -0.1) is 0 Å². The summed E-state index contributed by atoms with van der Waals surface area (Å²) in [6, 6.07) is 14.9. The number of alkyl halides is 3. The molecule has 0 saturated carbocycles. The van der Waals surface area contributed by atoms with Crippen molar-refractivity contribution in [2.45, 2.75) is 12.7 Å². The van der Waals surface area contributed by atoms with Crippen molar-refractivity contribution in [3.63, 3.8) is 0 Å². The van der Waals surface area contributed by atoms with Crippen LogP contribution in [0, 0.1) is 0 Å². The molecule has 112 valence electrons. The van der Waals surface area contributed by atoms with Crippen LogP contribution >= 0.6 is 0 Å². The van der Waals surface area contributed by atoms with Crippen molar-refractivity contribution in [2.75, 3.05) is 5.32 Å². The average Bonchev–Trinajstić information content (AvgIpc) is 2.52. The summed E-state index contributed by atoms with van der Waals surface area (Å²) in [4.78, 5) is 4.29. The van der Waals surface area contributed by atoms with Gasteiger partial charge in [-0.05, 0) is 29.1 Å². The standard InChI is InChI=1S/C17H13F3N2/c18-17(19,20)14-7-5-12(6-8-14)11-22-16-15-4-2-1-3-13(15)9-10-21-16/h1-10H,11H2,(H,21,22). The fourth-order valence-corrected chi connectivity index (χ4v) is 2.26. The maximum atomic E-state index is 12.5. The van der Waals surface area contributed by atoms with Crippen molar-refractivity contribution in [3.05, 3.63) is 71.9 Å². The van der Waals surface area contributed by atoms with Crippen LogP contribution in [-0.2, 0) is 12.7 Å². The van der Waals surface area contributed by atoms with Crippen LogP contribution in [0.5, 0.6) is 0 Å². The fraction of sp³-hybridized carbons (Fsp3) is 0.118. The zero-order chi connectivity index (χ0) is 15.6. The van der Waals surface area contributed by atoms with Gasteiger partial charge in [0.2, 0.25) is 0 Å². The number of benzene rings is 2. The Morgan fingerprint density at radius 1 is 0.909 bits per heavy atom. The molecule has 2 aromatic carbocycles. The number of halogens is 3. The van der Waals surface area contributed by atoms with Crippen LogP contribution in [0.1, 0.15) is 11.1 Å². The van der Waals surface area contributed by atoms with Gasteiger partial charge in [0.25, 0.3) is 0 Å². The third-order valence-corrected chi connectivity index (χ3v) is 3.41. The molecule has 0 amide bonds. The predicted molar refractivity (Wildman–Crippen MR) is 80.5 cm³/mol. The van der Waals surface area contributed by atoms with E-state index in [1.165, 1.54) is 12.1 Å². The van der Waals surface area contributed by atoms with E-state index in [1.54, 1.807) is 6.20 Å². The van der Waals surface area contributed by atoms with Crippen molar-refractivity contribution in [2.24, 2.45) is 0 Å². The smallest absolute Gasteiger partial charge is 0.365 e. The van der Waals surface area contributed by atoms with E-state index in [0.29, 0.717) is 6.54 Å². The summed E-state index contributed by atoms with van der Waals surface area (Å²) in [5.74, 6) is 0.720. The van der Waals surface area contributed by atoms with Gasteiger partial charge < -0.3 is 5.32 Å². The molecule has 2 nitrogen and oxygen atoms in total. The molecule has 0 spiro atoms. The molecular weight excluding hydrogens is 289 g/mol. The zero-order valence-corrected chi connectivity index (χ0v) is 11.6. The number of nitrogens with zero attached hydrogens (tertiary/aromatic N) is 1. The van der Waals surface area contributed by atoms with Crippen LogP contribution in [0.15, 0.2) is 60.8 Å². The Bertz CT molecular complexity index is 775. The Morgan fingerprint density at radius 3 is 2.36 bits per heavy atom. The Labute approximate surface area is 125 Å². The first-order valence-electron chi connectivity index (χ1n) is 6.78. The number of nitrogens with one attached hydrogen (secondary N) is 1. The monoisotopic (exact) mass is 302 g/mol. The molecule has 1 aromatic heterocycles. The van der Waals surface area contributed by atoms with Crippen molar-refractivity contribution < 1.29 is 13.2 Å². The quantitative estimate of drug-likeness (QED) is 0.747. The van der Waals surface area contributed by atoms with Gasteiger partial charge in [-0.2, -0.15) is 13.2 Å². The van der Waals surface area contributed by atoms with Crippen molar-refractivity contribution in [3.8, 4) is 0 Å². The van der Waals surface area contributed by atoms with Gasteiger partial charge in [0.15, 0.2) is 0 Å². The van der Waals surface area contributed by atoms with E-state index < -0.39 is 11.7 Å². The summed E-state index contributed by atoms with van der Waals surface area (Å²) >= 11 is 0. The summed E-state index contributed by atoms with van der Waals surface area (Å²) in [5.41, 5.74) is 0.127. The highest BCUT2D eigenvalue weighted by Gasteiger charge is 2.29. The van der Waals surface area contributed by atoms with E-state index in [1.807, 2.05) is 30.3 Å². The van der Waals surface area contributed by atoms with Crippen LogP contribution in [0.4, 0.5) is 19.0 Å². The Hall–Kier alpha value is -2.56. The first-order chi connectivity index (χ1) is 10.5. The Morgan fingerprint density at radius 2 is 1.64 bits per heavy atom. The summed E-state index contributed by atoms with van der Waals surface area (Å²) in [7, 11) is 0. The molecule has 0 saturated heterocycles. The molecule has 0 atom stereocenters. The summed E-state index contributed by atoms with van der Waals surface area (Å²) in [5, 5.41) is 5.22.